The van der Waals surface area contributed by atoms with Crippen LogP contribution in [0.25, 0.3) is 0 Å². The Hall–Kier alpha value is -1.02. The van der Waals surface area contributed by atoms with E-state index in [1.807, 2.05) is 0 Å². The van der Waals surface area contributed by atoms with Gasteiger partial charge in [0, 0.05) is 6.04 Å². The summed E-state index contributed by atoms with van der Waals surface area (Å²) in [5.41, 5.74) is 2.95. The molecule has 0 aromatic heterocycles. The minimum Gasteiger partial charge on any atom is -0.497 e. The Kier molecular flexibility index (Phi) is 3.89. The van der Waals surface area contributed by atoms with E-state index in [1.165, 1.54) is 57.2 Å². The second-order valence-electron chi connectivity index (χ2n) is 7.77. The molecule has 0 amide bonds. The van der Waals surface area contributed by atoms with Crippen LogP contribution in [0.15, 0.2) is 18.2 Å². The van der Waals surface area contributed by atoms with Gasteiger partial charge in [-0.3, -0.25) is 0 Å². The largest absolute Gasteiger partial charge is 0.497 e. The monoisotopic (exact) mass is 299 g/mol. The number of hydrogen-bond donors (Lipinski definition) is 0. The molecule has 120 valence electrons. The molecule has 1 saturated heterocycles. The third-order valence-electron chi connectivity index (χ3n) is 6.62. The molecule has 3 fully saturated rings. The summed E-state index contributed by atoms with van der Waals surface area (Å²) in [6, 6.07) is 7.55. The average molecular weight is 299 g/mol. The fraction of sp³-hybridized carbons (Fsp3) is 0.700. The van der Waals surface area contributed by atoms with Crippen LogP contribution in [0.4, 0.5) is 0 Å². The quantitative estimate of drug-likeness (QED) is 0.821. The summed E-state index contributed by atoms with van der Waals surface area (Å²) in [4.78, 5) is 2.83. The lowest BCUT2D eigenvalue weighted by Crippen LogP contribution is -2.43. The maximum atomic E-state index is 5.34. The highest BCUT2D eigenvalue weighted by Gasteiger charge is 2.42. The number of fused-ring (bicyclic) bond motifs is 2. The van der Waals surface area contributed by atoms with Gasteiger partial charge in [-0.25, -0.2) is 0 Å². The number of ether oxygens (including phenoxy) is 1. The van der Waals surface area contributed by atoms with Crippen LogP contribution in [-0.4, -0.2) is 31.1 Å². The van der Waals surface area contributed by atoms with Crippen molar-refractivity contribution in [3.05, 3.63) is 29.3 Å². The third kappa shape index (κ3) is 2.56. The summed E-state index contributed by atoms with van der Waals surface area (Å²) >= 11 is 0. The van der Waals surface area contributed by atoms with Gasteiger partial charge in [-0.2, -0.15) is 0 Å². The highest BCUT2D eigenvalue weighted by Crippen LogP contribution is 2.47. The van der Waals surface area contributed by atoms with Gasteiger partial charge in [-0.1, -0.05) is 12.5 Å². The number of hydrogen-bond acceptors (Lipinski definition) is 2. The van der Waals surface area contributed by atoms with Crippen LogP contribution < -0.4 is 4.74 Å². The van der Waals surface area contributed by atoms with Gasteiger partial charge in [0.2, 0.25) is 0 Å². The Bertz CT molecular complexity index is 533. The number of benzene rings is 1. The number of methoxy groups -OCH3 is 1. The first-order valence-corrected chi connectivity index (χ1v) is 9.13. The molecule has 1 aromatic rings. The molecule has 3 atom stereocenters. The fourth-order valence-corrected chi connectivity index (χ4v) is 5.43. The standard InChI is InChI=1S/C20H29NO/c1-14-11-18(22-2)5-6-19(14)16-7-9-21(10-8-16)20-13-15-3-4-17(20)12-15/h5-6,11,15-17,20H,3-4,7-10,12-13H2,1-2H3/t15-,17-,20+/m0/s1. The summed E-state index contributed by atoms with van der Waals surface area (Å²) in [6.45, 7) is 4.86. The zero-order valence-electron chi connectivity index (χ0n) is 14.1. The highest BCUT2D eigenvalue weighted by atomic mass is 16.5. The van der Waals surface area contributed by atoms with Crippen LogP contribution in [0.3, 0.4) is 0 Å². The van der Waals surface area contributed by atoms with E-state index >= 15 is 0 Å². The molecule has 2 bridgehead atoms. The van der Waals surface area contributed by atoms with Crippen molar-refractivity contribution >= 4 is 0 Å². The second kappa shape index (κ2) is 5.88. The average Bonchev–Trinajstić information content (AvgIpc) is 3.18. The van der Waals surface area contributed by atoms with Gasteiger partial charge in [-0.05, 0) is 93.1 Å². The molecule has 22 heavy (non-hydrogen) atoms. The van der Waals surface area contributed by atoms with Crippen molar-refractivity contribution in [2.45, 2.75) is 57.4 Å². The molecule has 1 aliphatic heterocycles. The Morgan fingerprint density at radius 1 is 1.05 bits per heavy atom. The van der Waals surface area contributed by atoms with Crippen molar-refractivity contribution in [2.24, 2.45) is 11.8 Å². The molecule has 3 aliphatic rings. The van der Waals surface area contributed by atoms with Crippen LogP contribution in [0, 0.1) is 18.8 Å². The summed E-state index contributed by atoms with van der Waals surface area (Å²) in [5, 5.41) is 0. The maximum Gasteiger partial charge on any atom is 0.119 e. The molecule has 1 heterocycles. The summed E-state index contributed by atoms with van der Waals surface area (Å²) in [7, 11) is 1.75. The van der Waals surface area contributed by atoms with E-state index in [0.29, 0.717) is 0 Å². The molecule has 2 heteroatoms. The lowest BCUT2D eigenvalue weighted by Gasteiger charge is -2.40. The van der Waals surface area contributed by atoms with Crippen molar-refractivity contribution in [3.8, 4) is 5.75 Å². The SMILES string of the molecule is COc1ccc(C2CCN([C@@H]3C[C@H]4CC[C@H]3C4)CC2)c(C)c1. The van der Waals surface area contributed by atoms with Gasteiger partial charge in [0.15, 0.2) is 0 Å². The molecule has 0 N–H and O–H groups in total. The first-order valence-electron chi connectivity index (χ1n) is 9.13. The molecule has 1 aromatic carbocycles. The van der Waals surface area contributed by atoms with E-state index in [4.69, 9.17) is 4.74 Å². The van der Waals surface area contributed by atoms with Crippen LogP contribution in [0.2, 0.25) is 0 Å². The zero-order valence-corrected chi connectivity index (χ0v) is 14.1. The molecule has 2 saturated carbocycles. The molecule has 2 aliphatic carbocycles. The number of aryl methyl sites for hydroxylation is 1. The molecule has 0 spiro atoms. The van der Waals surface area contributed by atoms with E-state index in [0.717, 1.165) is 29.5 Å². The van der Waals surface area contributed by atoms with E-state index < -0.39 is 0 Å². The van der Waals surface area contributed by atoms with Gasteiger partial charge in [0.1, 0.15) is 5.75 Å². The Morgan fingerprint density at radius 3 is 2.45 bits per heavy atom. The number of nitrogens with zero attached hydrogens (tertiary/aromatic N) is 1. The lowest BCUT2D eigenvalue weighted by atomic mass is 9.85. The molecule has 0 radical (unpaired) electrons. The topological polar surface area (TPSA) is 12.5 Å². The van der Waals surface area contributed by atoms with Crippen molar-refractivity contribution in [1.29, 1.82) is 0 Å². The molecule has 2 nitrogen and oxygen atoms in total. The minimum atomic E-state index is 0.751. The van der Waals surface area contributed by atoms with Crippen molar-refractivity contribution < 1.29 is 4.74 Å². The van der Waals surface area contributed by atoms with Gasteiger partial charge < -0.3 is 9.64 Å². The van der Waals surface area contributed by atoms with Crippen LogP contribution in [-0.2, 0) is 0 Å². The second-order valence-corrected chi connectivity index (χ2v) is 7.77. The predicted molar refractivity (Wildman–Crippen MR) is 90.5 cm³/mol. The van der Waals surface area contributed by atoms with Crippen molar-refractivity contribution in [3.63, 3.8) is 0 Å². The van der Waals surface area contributed by atoms with Crippen molar-refractivity contribution in [2.75, 3.05) is 20.2 Å². The minimum absolute atomic E-state index is 0.751. The Balaban J connectivity index is 1.39. The Morgan fingerprint density at radius 2 is 1.86 bits per heavy atom. The molecule has 4 rings (SSSR count). The van der Waals surface area contributed by atoms with Crippen molar-refractivity contribution in [1.82, 2.24) is 4.90 Å². The summed E-state index contributed by atoms with van der Waals surface area (Å²) in [6.07, 6.45) is 8.72. The summed E-state index contributed by atoms with van der Waals surface area (Å²) < 4.78 is 5.34. The first-order chi connectivity index (χ1) is 10.7. The van der Waals surface area contributed by atoms with E-state index in [9.17, 15) is 0 Å². The number of likely N-dealkylation sites (tertiary alicyclic amines) is 1. The first kappa shape index (κ1) is 14.6. The van der Waals surface area contributed by atoms with E-state index in [-0.39, 0.29) is 0 Å². The van der Waals surface area contributed by atoms with Crippen LogP contribution in [0.5, 0.6) is 5.75 Å². The third-order valence-corrected chi connectivity index (χ3v) is 6.62. The summed E-state index contributed by atoms with van der Waals surface area (Å²) in [5.74, 6) is 3.84. The number of rotatable bonds is 3. The van der Waals surface area contributed by atoms with E-state index in [2.05, 4.69) is 30.0 Å². The van der Waals surface area contributed by atoms with Gasteiger partial charge in [0.25, 0.3) is 0 Å². The Labute approximate surface area is 134 Å². The normalized spacial score (nSPS) is 32.5. The zero-order chi connectivity index (χ0) is 15.1. The van der Waals surface area contributed by atoms with Gasteiger partial charge >= 0.3 is 0 Å². The highest BCUT2D eigenvalue weighted by molar-refractivity contribution is 5.37. The maximum absolute atomic E-state index is 5.34. The molecular weight excluding hydrogens is 270 g/mol. The fourth-order valence-electron chi connectivity index (χ4n) is 5.43. The molecule has 0 unspecified atom stereocenters. The van der Waals surface area contributed by atoms with E-state index in [1.54, 1.807) is 12.7 Å². The lowest BCUT2D eigenvalue weighted by molar-refractivity contribution is 0.110. The van der Waals surface area contributed by atoms with Gasteiger partial charge in [0.05, 0.1) is 7.11 Å². The number of piperidine rings is 1. The molecular formula is C20H29NO. The van der Waals surface area contributed by atoms with Crippen LogP contribution in [0.1, 0.15) is 55.6 Å². The smallest absolute Gasteiger partial charge is 0.119 e. The van der Waals surface area contributed by atoms with Crippen LogP contribution >= 0.6 is 0 Å². The van der Waals surface area contributed by atoms with Gasteiger partial charge in [-0.15, -0.1) is 0 Å². The predicted octanol–water partition coefficient (Wildman–Crippen LogP) is 4.37.